The number of halogens is 2. The molecule has 1 N–H and O–H groups in total. The fraction of sp³-hybridized carbons (Fsp3) is 0.444. The van der Waals surface area contributed by atoms with Gasteiger partial charge in [-0.05, 0) is 18.5 Å². The van der Waals surface area contributed by atoms with Crippen molar-refractivity contribution in [1.82, 2.24) is 15.1 Å². The summed E-state index contributed by atoms with van der Waals surface area (Å²) in [7, 11) is 1.94. The predicted molar refractivity (Wildman–Crippen MR) is 63.2 cm³/mol. The van der Waals surface area contributed by atoms with E-state index in [0.29, 0.717) is 0 Å². The van der Waals surface area contributed by atoms with E-state index in [1.807, 2.05) is 17.9 Å². The zero-order valence-electron chi connectivity index (χ0n) is 8.06. The van der Waals surface area contributed by atoms with Gasteiger partial charge in [-0.1, -0.05) is 6.08 Å². The van der Waals surface area contributed by atoms with Gasteiger partial charge >= 0.3 is 0 Å². The van der Waals surface area contributed by atoms with Crippen molar-refractivity contribution in [1.29, 1.82) is 0 Å². The van der Waals surface area contributed by atoms with Gasteiger partial charge in [-0.3, -0.25) is 4.68 Å². The molecule has 1 aromatic rings. The molecule has 0 unspecified atom stereocenters. The third kappa shape index (κ3) is 3.01. The average Bonchev–Trinajstić information content (AvgIpc) is 2.54. The van der Waals surface area contributed by atoms with Gasteiger partial charge in [0.25, 0.3) is 0 Å². The van der Waals surface area contributed by atoms with Crippen molar-refractivity contribution in [2.24, 2.45) is 7.05 Å². The van der Waals surface area contributed by atoms with E-state index in [0.717, 1.165) is 19.5 Å². The van der Waals surface area contributed by atoms with Crippen molar-refractivity contribution in [3.63, 3.8) is 0 Å². The van der Waals surface area contributed by atoms with Crippen molar-refractivity contribution < 1.29 is 0 Å². The standard InChI is InChI=1S/C9H13N3.2ClH/c1-12-7-9(6-11-12)8-3-2-4-10-5-8;;/h3,6-7,10H,2,4-5H2,1H3;2*1H. The number of nitrogens with zero attached hydrogens (tertiary/aromatic N) is 2. The monoisotopic (exact) mass is 235 g/mol. The highest BCUT2D eigenvalue weighted by Gasteiger charge is 2.06. The van der Waals surface area contributed by atoms with E-state index in [9.17, 15) is 0 Å². The minimum Gasteiger partial charge on any atom is -0.312 e. The van der Waals surface area contributed by atoms with E-state index in [1.54, 1.807) is 0 Å². The summed E-state index contributed by atoms with van der Waals surface area (Å²) in [5, 5.41) is 7.48. The second kappa shape index (κ2) is 6.06. The molecule has 0 bridgehead atoms. The van der Waals surface area contributed by atoms with Gasteiger partial charge in [0.2, 0.25) is 0 Å². The highest BCUT2D eigenvalue weighted by atomic mass is 35.5. The third-order valence-electron chi connectivity index (χ3n) is 2.10. The summed E-state index contributed by atoms with van der Waals surface area (Å²) in [6.45, 7) is 2.08. The molecular weight excluding hydrogens is 221 g/mol. The SMILES string of the molecule is Cl.Cl.Cn1cc(C2=CCCNC2)cn1. The first-order valence-corrected chi connectivity index (χ1v) is 4.25. The van der Waals surface area contributed by atoms with Crippen LogP contribution in [-0.2, 0) is 7.05 Å². The van der Waals surface area contributed by atoms with E-state index in [4.69, 9.17) is 0 Å². The molecule has 1 aliphatic heterocycles. The highest BCUT2D eigenvalue weighted by molar-refractivity contribution is 5.85. The molecule has 0 radical (unpaired) electrons. The van der Waals surface area contributed by atoms with Crippen molar-refractivity contribution >= 4 is 30.4 Å². The Kier molecular flexibility index (Phi) is 5.84. The van der Waals surface area contributed by atoms with Crippen LogP contribution in [0, 0.1) is 0 Å². The van der Waals surface area contributed by atoms with Crippen molar-refractivity contribution in [3.05, 3.63) is 24.0 Å². The van der Waals surface area contributed by atoms with E-state index in [-0.39, 0.29) is 24.8 Å². The fourth-order valence-electron chi connectivity index (χ4n) is 1.45. The lowest BCUT2D eigenvalue weighted by atomic mass is 10.1. The molecule has 3 nitrogen and oxygen atoms in total. The largest absolute Gasteiger partial charge is 0.312 e. The predicted octanol–water partition coefficient (Wildman–Crippen LogP) is 1.64. The molecule has 2 heterocycles. The van der Waals surface area contributed by atoms with Crippen LogP contribution < -0.4 is 5.32 Å². The number of aromatic nitrogens is 2. The number of rotatable bonds is 1. The number of hydrogen-bond donors (Lipinski definition) is 1. The van der Waals surface area contributed by atoms with Crippen LogP contribution in [0.1, 0.15) is 12.0 Å². The summed E-state index contributed by atoms with van der Waals surface area (Å²) in [5.41, 5.74) is 2.61. The van der Waals surface area contributed by atoms with Gasteiger partial charge in [-0.15, -0.1) is 24.8 Å². The van der Waals surface area contributed by atoms with Gasteiger partial charge in [0, 0.05) is 25.4 Å². The second-order valence-electron chi connectivity index (χ2n) is 3.10. The number of aryl methyl sites for hydroxylation is 1. The lowest BCUT2D eigenvalue weighted by Gasteiger charge is -2.11. The average molecular weight is 236 g/mol. The molecule has 0 saturated heterocycles. The first-order valence-electron chi connectivity index (χ1n) is 4.25. The van der Waals surface area contributed by atoms with Crippen LogP contribution in [0.4, 0.5) is 0 Å². The molecule has 1 aliphatic rings. The van der Waals surface area contributed by atoms with Gasteiger partial charge in [0.05, 0.1) is 6.20 Å². The molecule has 14 heavy (non-hydrogen) atoms. The maximum Gasteiger partial charge on any atom is 0.0565 e. The summed E-state index contributed by atoms with van der Waals surface area (Å²) < 4.78 is 1.84. The van der Waals surface area contributed by atoms with Crippen molar-refractivity contribution in [3.8, 4) is 0 Å². The zero-order chi connectivity index (χ0) is 8.39. The molecule has 0 atom stereocenters. The fourth-order valence-corrected chi connectivity index (χ4v) is 1.45. The van der Waals surface area contributed by atoms with Gasteiger partial charge in [-0.2, -0.15) is 5.10 Å². The van der Waals surface area contributed by atoms with Crippen molar-refractivity contribution in [2.45, 2.75) is 6.42 Å². The van der Waals surface area contributed by atoms with E-state index >= 15 is 0 Å². The summed E-state index contributed by atoms with van der Waals surface area (Å²) >= 11 is 0. The van der Waals surface area contributed by atoms with Crippen LogP contribution in [0.25, 0.3) is 5.57 Å². The smallest absolute Gasteiger partial charge is 0.0565 e. The molecule has 1 aromatic heterocycles. The zero-order valence-corrected chi connectivity index (χ0v) is 9.70. The second-order valence-corrected chi connectivity index (χ2v) is 3.10. The molecule has 2 rings (SSSR count). The van der Waals surface area contributed by atoms with E-state index in [1.165, 1.54) is 11.1 Å². The molecular formula is C9H15Cl2N3. The van der Waals surface area contributed by atoms with Gasteiger partial charge in [0.15, 0.2) is 0 Å². The highest BCUT2D eigenvalue weighted by Crippen LogP contribution is 2.14. The topological polar surface area (TPSA) is 29.9 Å². The quantitative estimate of drug-likeness (QED) is 0.803. The molecule has 0 aliphatic carbocycles. The van der Waals surface area contributed by atoms with Crippen LogP contribution >= 0.6 is 24.8 Å². The lowest BCUT2D eigenvalue weighted by molar-refractivity contribution is 0.738. The van der Waals surface area contributed by atoms with Crippen LogP contribution in [-0.4, -0.2) is 22.9 Å². The number of hydrogen-bond acceptors (Lipinski definition) is 2. The normalized spacial score (nSPS) is 15.1. The molecule has 0 saturated carbocycles. The van der Waals surface area contributed by atoms with Crippen LogP contribution in [0.15, 0.2) is 18.5 Å². The minimum atomic E-state index is 0. The molecule has 0 spiro atoms. The summed E-state index contributed by atoms with van der Waals surface area (Å²) in [5.74, 6) is 0. The van der Waals surface area contributed by atoms with E-state index < -0.39 is 0 Å². The first-order chi connectivity index (χ1) is 5.86. The Hall–Kier alpha value is -0.510. The maximum atomic E-state index is 4.14. The molecule has 0 amide bonds. The number of nitrogens with one attached hydrogen (secondary N) is 1. The molecule has 80 valence electrons. The first kappa shape index (κ1) is 13.5. The van der Waals surface area contributed by atoms with Gasteiger partial charge < -0.3 is 5.32 Å². The van der Waals surface area contributed by atoms with Crippen LogP contribution in [0.2, 0.25) is 0 Å². The van der Waals surface area contributed by atoms with Crippen LogP contribution in [0.3, 0.4) is 0 Å². The Bertz CT molecular complexity index is 307. The Morgan fingerprint density at radius 1 is 1.43 bits per heavy atom. The summed E-state index contributed by atoms with van der Waals surface area (Å²) in [6, 6.07) is 0. The Balaban J connectivity index is 0.000000845. The Morgan fingerprint density at radius 2 is 2.21 bits per heavy atom. The van der Waals surface area contributed by atoms with Gasteiger partial charge in [-0.25, -0.2) is 0 Å². The lowest BCUT2D eigenvalue weighted by Crippen LogP contribution is -2.21. The third-order valence-corrected chi connectivity index (χ3v) is 2.10. The Morgan fingerprint density at radius 3 is 2.71 bits per heavy atom. The molecule has 5 heteroatoms. The maximum absolute atomic E-state index is 4.14. The summed E-state index contributed by atoms with van der Waals surface area (Å²) in [4.78, 5) is 0. The van der Waals surface area contributed by atoms with E-state index in [2.05, 4.69) is 22.7 Å². The van der Waals surface area contributed by atoms with Crippen molar-refractivity contribution in [2.75, 3.05) is 13.1 Å². The van der Waals surface area contributed by atoms with Gasteiger partial charge in [0.1, 0.15) is 0 Å². The minimum absolute atomic E-state index is 0. The molecule has 0 fully saturated rings. The Labute approximate surface area is 96.4 Å². The summed E-state index contributed by atoms with van der Waals surface area (Å²) in [6.07, 6.45) is 7.38. The van der Waals surface area contributed by atoms with Crippen LogP contribution in [0.5, 0.6) is 0 Å². The molecule has 0 aromatic carbocycles.